The summed E-state index contributed by atoms with van der Waals surface area (Å²) >= 11 is 0. The molecule has 7 nitrogen and oxygen atoms in total. The normalized spacial score (nSPS) is 20.7. The number of hydrogen-bond donors (Lipinski definition) is 0. The van der Waals surface area contributed by atoms with Gasteiger partial charge in [0, 0.05) is 25.1 Å². The minimum Gasteiger partial charge on any atom is -0.337 e. The summed E-state index contributed by atoms with van der Waals surface area (Å²) in [6, 6.07) is 3.08. The molecule has 160 valence electrons. The van der Waals surface area contributed by atoms with Crippen molar-refractivity contribution in [3.63, 3.8) is 0 Å². The van der Waals surface area contributed by atoms with Crippen LogP contribution in [-0.2, 0) is 6.54 Å². The van der Waals surface area contributed by atoms with E-state index in [0.717, 1.165) is 23.8 Å². The van der Waals surface area contributed by atoms with Gasteiger partial charge in [0.25, 0.3) is 17.7 Å². The standard InChI is InChI=1S/C20H22F3N5O2/c1-13-4-5-14(8-16(13)21)18(29)28-12-20(22,23)9-15(28)10-27-11-17(24-25-27)19(30)26-6-2-3-7-26/h4-5,8,11,15H,2-3,6-7,9-10,12H2,1H3/t15-/m0/s1. The average molecular weight is 421 g/mol. The maximum absolute atomic E-state index is 14.1. The van der Waals surface area contributed by atoms with Gasteiger partial charge in [0.2, 0.25) is 0 Å². The number of halogens is 3. The van der Waals surface area contributed by atoms with Gasteiger partial charge < -0.3 is 9.80 Å². The zero-order valence-electron chi connectivity index (χ0n) is 16.5. The predicted octanol–water partition coefficient (Wildman–Crippen LogP) is 2.51. The van der Waals surface area contributed by atoms with Gasteiger partial charge in [-0.1, -0.05) is 11.3 Å². The topological polar surface area (TPSA) is 71.3 Å². The molecular weight excluding hydrogens is 399 g/mol. The first kappa shape index (κ1) is 20.4. The lowest BCUT2D eigenvalue weighted by molar-refractivity contribution is 0.0117. The number of carbonyl (C=O) groups excluding carboxylic acids is 2. The number of rotatable bonds is 4. The Labute approximate surface area is 171 Å². The molecule has 0 bridgehead atoms. The van der Waals surface area contributed by atoms with Crippen molar-refractivity contribution in [2.75, 3.05) is 19.6 Å². The van der Waals surface area contributed by atoms with E-state index in [1.165, 1.54) is 23.0 Å². The number of alkyl halides is 2. The Kier molecular flexibility index (Phi) is 5.25. The summed E-state index contributed by atoms with van der Waals surface area (Å²) in [7, 11) is 0. The minimum absolute atomic E-state index is 0.0179. The predicted molar refractivity (Wildman–Crippen MR) is 101 cm³/mol. The molecule has 0 radical (unpaired) electrons. The zero-order valence-corrected chi connectivity index (χ0v) is 16.5. The lowest BCUT2D eigenvalue weighted by Gasteiger charge is -2.24. The molecule has 0 unspecified atom stereocenters. The van der Waals surface area contributed by atoms with E-state index in [2.05, 4.69) is 10.3 Å². The van der Waals surface area contributed by atoms with E-state index in [9.17, 15) is 22.8 Å². The Morgan fingerprint density at radius 2 is 1.93 bits per heavy atom. The summed E-state index contributed by atoms with van der Waals surface area (Å²) < 4.78 is 43.4. The van der Waals surface area contributed by atoms with E-state index in [0.29, 0.717) is 18.7 Å². The monoisotopic (exact) mass is 421 g/mol. The molecule has 0 aliphatic carbocycles. The van der Waals surface area contributed by atoms with Crippen LogP contribution in [0.4, 0.5) is 13.2 Å². The SMILES string of the molecule is Cc1ccc(C(=O)N2CC(F)(F)C[C@H]2Cn2cc(C(=O)N3CCCC3)nn2)cc1F. The van der Waals surface area contributed by atoms with E-state index < -0.39 is 36.7 Å². The third kappa shape index (κ3) is 4.03. The molecule has 30 heavy (non-hydrogen) atoms. The Hall–Kier alpha value is -2.91. The maximum Gasteiger partial charge on any atom is 0.276 e. The molecule has 2 amide bonds. The fourth-order valence-electron chi connectivity index (χ4n) is 3.97. The van der Waals surface area contributed by atoms with Crippen molar-refractivity contribution in [1.29, 1.82) is 0 Å². The molecule has 0 saturated carbocycles. The van der Waals surface area contributed by atoms with Gasteiger partial charge in [-0.3, -0.25) is 9.59 Å². The van der Waals surface area contributed by atoms with Crippen molar-refractivity contribution in [2.24, 2.45) is 0 Å². The summed E-state index contributed by atoms with van der Waals surface area (Å²) in [4.78, 5) is 27.9. The Morgan fingerprint density at radius 3 is 2.63 bits per heavy atom. The van der Waals surface area contributed by atoms with Gasteiger partial charge in [0.05, 0.1) is 25.3 Å². The average Bonchev–Trinajstić information content (AvgIpc) is 3.43. The van der Waals surface area contributed by atoms with Crippen LogP contribution < -0.4 is 0 Å². The lowest BCUT2D eigenvalue weighted by atomic mass is 10.1. The Bertz CT molecular complexity index is 971. The number of aryl methyl sites for hydroxylation is 1. The van der Waals surface area contributed by atoms with Crippen LogP contribution in [-0.4, -0.2) is 68.2 Å². The minimum atomic E-state index is -3.06. The molecule has 1 aromatic carbocycles. The lowest BCUT2D eigenvalue weighted by Crippen LogP contribution is -2.39. The maximum atomic E-state index is 14.1. The number of likely N-dealkylation sites (tertiary alicyclic amines) is 2. The Morgan fingerprint density at radius 1 is 1.20 bits per heavy atom. The third-order valence-corrected chi connectivity index (χ3v) is 5.61. The molecule has 0 spiro atoms. The largest absolute Gasteiger partial charge is 0.337 e. The first-order chi connectivity index (χ1) is 14.2. The second kappa shape index (κ2) is 7.73. The van der Waals surface area contributed by atoms with Gasteiger partial charge in [-0.25, -0.2) is 17.9 Å². The van der Waals surface area contributed by atoms with E-state index in [1.807, 2.05) is 0 Å². The molecule has 2 fully saturated rings. The van der Waals surface area contributed by atoms with Gasteiger partial charge in [-0.05, 0) is 37.5 Å². The highest BCUT2D eigenvalue weighted by atomic mass is 19.3. The van der Waals surface area contributed by atoms with Crippen LogP contribution in [0.15, 0.2) is 24.4 Å². The van der Waals surface area contributed by atoms with Gasteiger partial charge >= 0.3 is 0 Å². The summed E-state index contributed by atoms with van der Waals surface area (Å²) in [5.74, 6) is -4.52. The number of benzene rings is 1. The van der Waals surface area contributed by atoms with Crippen molar-refractivity contribution >= 4 is 11.8 Å². The fourth-order valence-corrected chi connectivity index (χ4v) is 3.97. The van der Waals surface area contributed by atoms with Gasteiger partial charge in [0.1, 0.15) is 5.82 Å². The van der Waals surface area contributed by atoms with Crippen molar-refractivity contribution in [2.45, 2.75) is 44.7 Å². The first-order valence-electron chi connectivity index (χ1n) is 9.88. The third-order valence-electron chi connectivity index (χ3n) is 5.61. The van der Waals surface area contributed by atoms with E-state index in [-0.39, 0.29) is 23.7 Å². The molecule has 1 aromatic heterocycles. The van der Waals surface area contributed by atoms with Crippen molar-refractivity contribution in [3.05, 3.63) is 47.0 Å². The number of carbonyl (C=O) groups is 2. The van der Waals surface area contributed by atoms with Crippen LogP contribution in [0.2, 0.25) is 0 Å². The van der Waals surface area contributed by atoms with Crippen LogP contribution in [0.5, 0.6) is 0 Å². The van der Waals surface area contributed by atoms with Crippen molar-refractivity contribution in [3.8, 4) is 0 Å². The molecule has 0 N–H and O–H groups in total. The molecule has 10 heteroatoms. The van der Waals surface area contributed by atoms with Gasteiger partial charge in [0.15, 0.2) is 5.69 Å². The quantitative estimate of drug-likeness (QED) is 0.761. The second-order valence-electron chi connectivity index (χ2n) is 7.94. The number of nitrogens with zero attached hydrogens (tertiary/aromatic N) is 5. The Balaban J connectivity index is 1.51. The number of amides is 2. The van der Waals surface area contributed by atoms with Crippen LogP contribution in [0.1, 0.15) is 45.7 Å². The molecule has 2 saturated heterocycles. The summed E-state index contributed by atoms with van der Waals surface area (Å²) in [5, 5.41) is 7.76. The van der Waals surface area contributed by atoms with Crippen LogP contribution in [0, 0.1) is 12.7 Å². The zero-order chi connectivity index (χ0) is 21.5. The molecule has 2 aliphatic heterocycles. The van der Waals surface area contributed by atoms with Gasteiger partial charge in [-0.15, -0.1) is 5.10 Å². The highest BCUT2D eigenvalue weighted by Gasteiger charge is 2.47. The van der Waals surface area contributed by atoms with Crippen LogP contribution in [0.3, 0.4) is 0 Å². The van der Waals surface area contributed by atoms with Crippen LogP contribution >= 0.6 is 0 Å². The summed E-state index contributed by atoms with van der Waals surface area (Å²) in [6.07, 6.45) is 2.76. The molecule has 4 rings (SSSR count). The molecular formula is C20H22F3N5O2. The summed E-state index contributed by atoms with van der Waals surface area (Å²) in [5.41, 5.74) is 0.539. The van der Waals surface area contributed by atoms with Crippen molar-refractivity contribution in [1.82, 2.24) is 24.8 Å². The highest BCUT2D eigenvalue weighted by molar-refractivity contribution is 5.95. The number of aromatic nitrogens is 3. The fraction of sp³-hybridized carbons (Fsp3) is 0.500. The van der Waals surface area contributed by atoms with E-state index >= 15 is 0 Å². The second-order valence-corrected chi connectivity index (χ2v) is 7.94. The first-order valence-corrected chi connectivity index (χ1v) is 9.88. The smallest absolute Gasteiger partial charge is 0.276 e. The number of hydrogen-bond acceptors (Lipinski definition) is 4. The molecule has 2 aromatic rings. The van der Waals surface area contributed by atoms with E-state index in [4.69, 9.17) is 0 Å². The molecule has 1 atom stereocenters. The highest BCUT2D eigenvalue weighted by Crippen LogP contribution is 2.34. The van der Waals surface area contributed by atoms with E-state index in [1.54, 1.807) is 11.8 Å². The molecule has 3 heterocycles. The van der Waals surface area contributed by atoms with Crippen molar-refractivity contribution < 1.29 is 22.8 Å². The van der Waals surface area contributed by atoms with Crippen LogP contribution in [0.25, 0.3) is 0 Å². The summed E-state index contributed by atoms with van der Waals surface area (Å²) in [6.45, 7) is 2.10. The van der Waals surface area contributed by atoms with Gasteiger partial charge in [-0.2, -0.15) is 0 Å². The molecule has 2 aliphatic rings.